The molecule has 0 aliphatic heterocycles. The molecule has 0 heterocycles. The van der Waals surface area contributed by atoms with E-state index in [0.717, 1.165) is 34.7 Å². The first-order valence-corrected chi connectivity index (χ1v) is 18.5. The molecular weight excluding hydrogens is 617 g/mol. The summed E-state index contributed by atoms with van der Waals surface area (Å²) in [4.78, 5) is 28.9. The van der Waals surface area contributed by atoms with E-state index in [1.807, 2.05) is 32.9 Å². The molecule has 10 heteroatoms. The number of carbonyl (C=O) groups excluding carboxylic acids is 2. The van der Waals surface area contributed by atoms with Crippen molar-refractivity contribution in [3.8, 4) is 0 Å². The molecule has 4 aliphatic rings. The number of nitrogens with zero attached hydrogens (tertiary/aromatic N) is 2. The van der Waals surface area contributed by atoms with Crippen molar-refractivity contribution in [2.45, 2.75) is 96.2 Å². The molecule has 0 spiro atoms. The fraction of sp³-hybridized carbons (Fsp3) is 0.588. The zero-order valence-electron chi connectivity index (χ0n) is 26.2. The highest BCUT2D eigenvalue weighted by molar-refractivity contribution is 7.92. The number of hydrogen-bond acceptors (Lipinski definition) is 4. The van der Waals surface area contributed by atoms with E-state index in [9.17, 15) is 18.0 Å². The van der Waals surface area contributed by atoms with Crippen molar-refractivity contribution in [3.05, 3.63) is 63.6 Å². The van der Waals surface area contributed by atoms with Crippen molar-refractivity contribution in [2.75, 3.05) is 17.1 Å². The number of halogens is 2. The zero-order valence-corrected chi connectivity index (χ0v) is 28.5. The molecular formula is C34H45Cl2N3O4S. The van der Waals surface area contributed by atoms with Crippen LogP contribution >= 0.6 is 23.2 Å². The number of anilines is 1. The summed E-state index contributed by atoms with van der Waals surface area (Å²) >= 11 is 13.0. The lowest BCUT2D eigenvalue weighted by Crippen LogP contribution is -2.53. The van der Waals surface area contributed by atoms with E-state index in [0.29, 0.717) is 27.7 Å². The summed E-state index contributed by atoms with van der Waals surface area (Å²) in [6.07, 6.45) is 9.86. The number of nitrogens with one attached hydrogen (secondary N) is 1. The Labute approximate surface area is 272 Å². The average molecular weight is 663 g/mol. The second kappa shape index (κ2) is 13.2. The van der Waals surface area contributed by atoms with Gasteiger partial charge in [-0.2, -0.15) is 0 Å². The molecule has 2 atom stereocenters. The molecule has 2 amide bonds. The predicted octanol–water partition coefficient (Wildman–Crippen LogP) is 6.95. The van der Waals surface area contributed by atoms with Crippen molar-refractivity contribution < 1.29 is 18.0 Å². The van der Waals surface area contributed by atoms with Crippen molar-refractivity contribution in [2.24, 2.45) is 17.8 Å². The Morgan fingerprint density at radius 1 is 0.932 bits per heavy atom. The van der Waals surface area contributed by atoms with Gasteiger partial charge in [-0.3, -0.25) is 13.9 Å². The first-order chi connectivity index (χ1) is 20.8. The quantitative estimate of drug-likeness (QED) is 0.267. The van der Waals surface area contributed by atoms with Crippen LogP contribution in [0.15, 0.2) is 42.5 Å². The number of carbonyl (C=O) groups is 2. The third kappa shape index (κ3) is 6.92. The van der Waals surface area contributed by atoms with Crippen LogP contribution in [-0.4, -0.2) is 50.0 Å². The van der Waals surface area contributed by atoms with Crippen molar-refractivity contribution in [1.29, 1.82) is 0 Å². The molecule has 0 unspecified atom stereocenters. The molecule has 1 N–H and O–H groups in total. The summed E-state index contributed by atoms with van der Waals surface area (Å²) in [6.45, 7) is 5.21. The highest BCUT2D eigenvalue weighted by atomic mass is 35.5. The minimum atomic E-state index is -3.84. The Hall–Kier alpha value is -2.29. The Morgan fingerprint density at radius 2 is 1.48 bits per heavy atom. The maximum Gasteiger partial charge on any atom is 0.244 e. The van der Waals surface area contributed by atoms with E-state index in [2.05, 4.69) is 17.4 Å². The van der Waals surface area contributed by atoms with Gasteiger partial charge in [0.05, 0.1) is 11.9 Å². The standard InChI is InChI=1S/C34H45Cl2N3O4S/c1-5-22(3)37-33(41)31(6-2)38(20-28-29(35)8-7-9-30(28)36)32(40)21-39(44(4,42)43)27-12-10-26(11-13-27)34-17-23-14-24(18-34)16-25(15-23)19-34/h7-13,22-25,31H,5-6,14-21H2,1-4H3,(H,37,41)/t22-,23?,24?,25?,31+,34?/m0/s1. The predicted molar refractivity (Wildman–Crippen MR) is 177 cm³/mol. The van der Waals surface area contributed by atoms with Crippen molar-refractivity contribution in [1.82, 2.24) is 10.2 Å². The van der Waals surface area contributed by atoms with E-state index in [-0.39, 0.29) is 23.9 Å². The number of amides is 2. The fourth-order valence-electron chi connectivity index (χ4n) is 8.27. The van der Waals surface area contributed by atoms with Gasteiger partial charge in [-0.25, -0.2) is 8.42 Å². The first kappa shape index (κ1) is 33.1. The van der Waals surface area contributed by atoms with Crippen LogP contribution in [0.2, 0.25) is 10.0 Å². The SMILES string of the molecule is CC[C@H](C(=O)N[C@@H](C)CC)N(Cc1c(Cl)cccc1Cl)C(=O)CN(c1ccc(C23CC4CC(CC(C4)C2)C3)cc1)S(C)(=O)=O. The molecule has 0 aromatic heterocycles. The second-order valence-electron chi connectivity index (χ2n) is 13.5. The zero-order chi connectivity index (χ0) is 31.8. The summed E-state index contributed by atoms with van der Waals surface area (Å²) in [5.41, 5.74) is 2.40. The summed E-state index contributed by atoms with van der Waals surface area (Å²) in [5, 5.41) is 3.71. The van der Waals surface area contributed by atoms with Gasteiger partial charge in [0.15, 0.2) is 0 Å². The van der Waals surface area contributed by atoms with Gasteiger partial charge in [0.2, 0.25) is 21.8 Å². The molecule has 44 heavy (non-hydrogen) atoms. The first-order valence-electron chi connectivity index (χ1n) is 15.9. The molecule has 4 aliphatic carbocycles. The van der Waals surface area contributed by atoms with E-state index < -0.39 is 28.5 Å². The van der Waals surface area contributed by atoms with E-state index in [1.54, 1.807) is 18.2 Å². The van der Waals surface area contributed by atoms with E-state index in [4.69, 9.17) is 23.2 Å². The Kier molecular flexibility index (Phi) is 9.93. The number of hydrogen-bond donors (Lipinski definition) is 1. The van der Waals surface area contributed by atoms with Gasteiger partial charge in [0.25, 0.3) is 0 Å². The molecule has 0 radical (unpaired) electrons. The summed E-state index contributed by atoms with van der Waals surface area (Å²) in [6, 6.07) is 12.0. The highest BCUT2D eigenvalue weighted by Gasteiger charge is 2.51. The lowest BCUT2D eigenvalue weighted by molar-refractivity contribution is -0.140. The van der Waals surface area contributed by atoms with Crippen LogP contribution in [0, 0.1) is 17.8 Å². The van der Waals surface area contributed by atoms with Crippen LogP contribution < -0.4 is 9.62 Å². The summed E-state index contributed by atoms with van der Waals surface area (Å²) < 4.78 is 27.4. The summed E-state index contributed by atoms with van der Waals surface area (Å²) in [5.74, 6) is 1.58. The van der Waals surface area contributed by atoms with Gasteiger partial charge in [-0.15, -0.1) is 0 Å². The number of benzene rings is 2. The third-order valence-electron chi connectivity index (χ3n) is 10.3. The van der Waals surface area contributed by atoms with Gasteiger partial charge in [-0.05, 0) is 111 Å². The second-order valence-corrected chi connectivity index (χ2v) is 16.2. The minimum Gasteiger partial charge on any atom is -0.352 e. The van der Waals surface area contributed by atoms with Crippen molar-refractivity contribution >= 4 is 50.7 Å². The molecule has 4 fully saturated rings. The van der Waals surface area contributed by atoms with Crippen molar-refractivity contribution in [3.63, 3.8) is 0 Å². The van der Waals surface area contributed by atoms with Gasteiger partial charge >= 0.3 is 0 Å². The normalized spacial score (nSPS) is 25.4. The average Bonchev–Trinajstić information content (AvgIpc) is 2.96. The molecule has 240 valence electrons. The molecule has 6 rings (SSSR count). The lowest BCUT2D eigenvalue weighted by Gasteiger charge is -2.57. The maximum absolute atomic E-state index is 14.1. The van der Waals surface area contributed by atoms with E-state index in [1.165, 1.54) is 49.0 Å². The Balaban J connectivity index is 1.43. The van der Waals surface area contributed by atoms with Crippen LogP contribution in [0.25, 0.3) is 0 Å². The monoisotopic (exact) mass is 661 g/mol. The van der Waals surface area contributed by atoms with Gasteiger partial charge in [-0.1, -0.05) is 55.2 Å². The number of sulfonamides is 1. The van der Waals surface area contributed by atoms with Crippen LogP contribution in [-0.2, 0) is 31.6 Å². The molecule has 7 nitrogen and oxygen atoms in total. The molecule has 2 aromatic rings. The molecule has 0 saturated heterocycles. The van der Waals surface area contributed by atoms with Gasteiger partial charge in [0.1, 0.15) is 12.6 Å². The van der Waals surface area contributed by atoms with Crippen LogP contribution in [0.1, 0.15) is 83.3 Å². The fourth-order valence-corrected chi connectivity index (χ4v) is 9.64. The van der Waals surface area contributed by atoms with Crippen LogP contribution in [0.5, 0.6) is 0 Å². The topological polar surface area (TPSA) is 86.8 Å². The smallest absolute Gasteiger partial charge is 0.244 e. The third-order valence-corrected chi connectivity index (χ3v) is 12.1. The van der Waals surface area contributed by atoms with Crippen LogP contribution in [0.3, 0.4) is 0 Å². The molecule has 4 bridgehead atoms. The van der Waals surface area contributed by atoms with E-state index >= 15 is 0 Å². The van der Waals surface area contributed by atoms with Gasteiger partial charge < -0.3 is 10.2 Å². The highest BCUT2D eigenvalue weighted by Crippen LogP contribution is 2.60. The Morgan fingerprint density at radius 3 is 1.95 bits per heavy atom. The minimum absolute atomic E-state index is 0.0354. The molecule has 4 saturated carbocycles. The lowest BCUT2D eigenvalue weighted by atomic mass is 9.48. The number of rotatable bonds is 12. The summed E-state index contributed by atoms with van der Waals surface area (Å²) in [7, 11) is -3.84. The Bertz CT molecular complexity index is 1420. The van der Waals surface area contributed by atoms with Crippen LogP contribution in [0.4, 0.5) is 5.69 Å². The largest absolute Gasteiger partial charge is 0.352 e. The maximum atomic E-state index is 14.1. The van der Waals surface area contributed by atoms with Gasteiger partial charge in [0, 0.05) is 28.2 Å². The molecule has 2 aromatic carbocycles.